The molecule has 0 saturated carbocycles. The highest BCUT2D eigenvalue weighted by Gasteiger charge is 2.53. The first kappa shape index (κ1) is 17.7. The number of fused-ring (bicyclic) bond motifs is 1. The normalized spacial score (nSPS) is 27.3. The topological polar surface area (TPSA) is 69.6 Å². The van der Waals surface area contributed by atoms with Crippen LogP contribution in [0.5, 0.6) is 0 Å². The number of nitrogens with zero attached hydrogens (tertiary/aromatic N) is 1. The van der Waals surface area contributed by atoms with Crippen molar-refractivity contribution >= 4 is 11.8 Å². The average molecular weight is 364 g/mol. The molecule has 2 amide bonds. The van der Waals surface area contributed by atoms with Gasteiger partial charge in [0.15, 0.2) is 0 Å². The van der Waals surface area contributed by atoms with Crippen LogP contribution in [0.1, 0.15) is 38.2 Å². The van der Waals surface area contributed by atoms with E-state index in [-0.39, 0.29) is 11.9 Å². The zero-order chi connectivity index (χ0) is 19.0. The molecule has 0 bridgehead atoms. The number of benzene rings is 2. The first-order valence-corrected chi connectivity index (χ1v) is 9.47. The molecule has 1 unspecified atom stereocenters. The van der Waals surface area contributed by atoms with Gasteiger partial charge in [0, 0.05) is 6.04 Å². The minimum atomic E-state index is -0.641. The largest absolute Gasteiger partial charge is 0.327 e. The fourth-order valence-electron chi connectivity index (χ4n) is 4.67. The number of carbonyl (C=O) groups is 2. The van der Waals surface area contributed by atoms with Crippen molar-refractivity contribution in [2.45, 2.75) is 50.1 Å². The second-order valence-corrected chi connectivity index (χ2v) is 7.77. The summed E-state index contributed by atoms with van der Waals surface area (Å²) in [6.45, 7) is 1.97. The number of amides is 2. The summed E-state index contributed by atoms with van der Waals surface area (Å²) in [5.74, 6) is -0.509. The Morgan fingerprint density at radius 1 is 1.07 bits per heavy atom. The summed E-state index contributed by atoms with van der Waals surface area (Å²) in [5.41, 5.74) is 4.32. The van der Waals surface area contributed by atoms with E-state index in [1.165, 1.54) is 0 Å². The van der Waals surface area contributed by atoms with Crippen molar-refractivity contribution in [3.63, 3.8) is 0 Å². The number of hydrogen-bond donors (Lipinski definition) is 2. The maximum absolute atomic E-state index is 13.3. The van der Waals surface area contributed by atoms with E-state index in [1.54, 1.807) is 10.4 Å². The summed E-state index contributed by atoms with van der Waals surface area (Å²) >= 11 is 0. The van der Waals surface area contributed by atoms with Crippen LogP contribution in [0.2, 0.25) is 0 Å². The van der Waals surface area contributed by atoms with E-state index in [9.17, 15) is 9.59 Å². The predicted octanol–water partition coefficient (Wildman–Crippen LogP) is 3.27. The van der Waals surface area contributed by atoms with Gasteiger partial charge in [-0.2, -0.15) is 0 Å². The van der Waals surface area contributed by atoms with Gasteiger partial charge in [0.05, 0.1) is 5.41 Å². The third kappa shape index (κ3) is 2.92. The van der Waals surface area contributed by atoms with Gasteiger partial charge in [-0.25, -0.2) is 5.48 Å². The molecule has 2 aromatic carbocycles. The number of rotatable bonds is 3. The highest BCUT2D eigenvalue weighted by molar-refractivity contribution is 5.95. The molecule has 5 nitrogen and oxygen atoms in total. The van der Waals surface area contributed by atoms with Gasteiger partial charge in [-0.1, -0.05) is 54.6 Å². The van der Waals surface area contributed by atoms with Crippen molar-refractivity contribution < 1.29 is 14.8 Å². The molecule has 0 spiro atoms. The molecular weight excluding hydrogens is 340 g/mol. The van der Waals surface area contributed by atoms with Gasteiger partial charge in [-0.05, 0) is 49.3 Å². The predicted molar refractivity (Wildman–Crippen MR) is 102 cm³/mol. The van der Waals surface area contributed by atoms with Crippen LogP contribution in [-0.4, -0.2) is 34.0 Å². The summed E-state index contributed by atoms with van der Waals surface area (Å²) < 4.78 is 0. The maximum Gasteiger partial charge on any atom is 0.266 e. The Hall–Kier alpha value is -2.66. The summed E-state index contributed by atoms with van der Waals surface area (Å²) in [7, 11) is 0. The second-order valence-electron chi connectivity index (χ2n) is 7.77. The lowest BCUT2D eigenvalue weighted by Gasteiger charge is -2.36. The van der Waals surface area contributed by atoms with Crippen molar-refractivity contribution in [2.24, 2.45) is 0 Å². The van der Waals surface area contributed by atoms with Crippen LogP contribution in [0.4, 0.5) is 0 Å². The third-order valence-corrected chi connectivity index (χ3v) is 6.14. The molecule has 5 heteroatoms. The molecule has 2 fully saturated rings. The second kappa shape index (κ2) is 6.82. The zero-order valence-electron chi connectivity index (χ0n) is 15.4. The lowest BCUT2D eigenvalue weighted by atomic mass is 9.79. The highest BCUT2D eigenvalue weighted by Crippen LogP contribution is 2.44. The molecule has 2 aliphatic rings. The Labute approximate surface area is 159 Å². The molecule has 2 heterocycles. The number of piperidine rings is 1. The lowest BCUT2D eigenvalue weighted by molar-refractivity contribution is -0.147. The minimum absolute atomic E-state index is 0.0201. The molecule has 27 heavy (non-hydrogen) atoms. The van der Waals surface area contributed by atoms with Gasteiger partial charge in [-0.15, -0.1) is 0 Å². The van der Waals surface area contributed by atoms with Crippen molar-refractivity contribution in [2.75, 3.05) is 0 Å². The summed E-state index contributed by atoms with van der Waals surface area (Å²) in [6.07, 6.45) is 3.08. The van der Waals surface area contributed by atoms with Crippen LogP contribution in [-0.2, 0) is 15.0 Å². The number of hydrogen-bond acceptors (Lipinski definition) is 3. The Morgan fingerprint density at radius 3 is 2.41 bits per heavy atom. The maximum atomic E-state index is 13.3. The van der Waals surface area contributed by atoms with E-state index in [0.29, 0.717) is 12.8 Å². The van der Waals surface area contributed by atoms with Crippen molar-refractivity contribution in [1.29, 1.82) is 0 Å². The average Bonchev–Trinajstić information content (AvgIpc) is 2.99. The fourth-order valence-corrected chi connectivity index (χ4v) is 4.67. The molecule has 2 N–H and O–H groups in total. The van der Waals surface area contributed by atoms with Gasteiger partial charge in [-0.3, -0.25) is 14.8 Å². The summed E-state index contributed by atoms with van der Waals surface area (Å²) in [4.78, 5) is 27.1. The highest BCUT2D eigenvalue weighted by atomic mass is 16.5. The first-order chi connectivity index (χ1) is 13.0. The van der Waals surface area contributed by atoms with Crippen LogP contribution in [0.3, 0.4) is 0 Å². The Morgan fingerprint density at radius 2 is 1.74 bits per heavy atom. The standard InChI is InChI=1S/C22H24N2O3/c1-22(17-12-10-16(11-13-17)15-6-3-2-4-7-15)14-18-8-5-9-19(20(25)23-27)24(18)21(22)26/h2-4,6-7,10-13,18-19,27H,5,8-9,14H2,1H3,(H,23,25)/t18?,19-,22+/m1/s1. The third-order valence-electron chi connectivity index (χ3n) is 6.14. The summed E-state index contributed by atoms with van der Waals surface area (Å²) in [5, 5.41) is 9.04. The summed E-state index contributed by atoms with van der Waals surface area (Å²) in [6, 6.07) is 17.8. The van der Waals surface area contributed by atoms with E-state index < -0.39 is 17.4 Å². The minimum Gasteiger partial charge on any atom is -0.327 e. The Balaban J connectivity index is 1.64. The molecule has 0 radical (unpaired) electrons. The molecule has 0 aliphatic carbocycles. The van der Waals surface area contributed by atoms with Crippen molar-refractivity contribution in [3.05, 3.63) is 60.2 Å². The zero-order valence-corrected chi connectivity index (χ0v) is 15.4. The molecule has 3 atom stereocenters. The lowest BCUT2D eigenvalue weighted by Crippen LogP contribution is -2.53. The molecule has 2 saturated heterocycles. The number of carbonyl (C=O) groups excluding carboxylic acids is 2. The monoisotopic (exact) mass is 364 g/mol. The van der Waals surface area contributed by atoms with Crippen LogP contribution in [0.25, 0.3) is 11.1 Å². The number of nitrogens with one attached hydrogen (secondary N) is 1. The van der Waals surface area contributed by atoms with E-state index in [0.717, 1.165) is 29.5 Å². The van der Waals surface area contributed by atoms with E-state index in [2.05, 4.69) is 24.3 Å². The van der Waals surface area contributed by atoms with E-state index in [4.69, 9.17) is 5.21 Å². The quantitative estimate of drug-likeness (QED) is 0.649. The van der Waals surface area contributed by atoms with Crippen LogP contribution < -0.4 is 5.48 Å². The molecule has 2 aromatic rings. The molecule has 0 aromatic heterocycles. The van der Waals surface area contributed by atoms with Gasteiger partial charge < -0.3 is 4.90 Å². The van der Waals surface area contributed by atoms with Crippen molar-refractivity contribution in [1.82, 2.24) is 10.4 Å². The van der Waals surface area contributed by atoms with Crippen LogP contribution in [0, 0.1) is 0 Å². The fraction of sp³-hybridized carbons (Fsp3) is 0.364. The first-order valence-electron chi connectivity index (χ1n) is 9.47. The SMILES string of the molecule is C[C@@]1(c2ccc(-c3ccccc3)cc2)CC2CCC[C@H](C(=O)NO)N2C1=O. The van der Waals surface area contributed by atoms with Gasteiger partial charge in [0.2, 0.25) is 5.91 Å². The molecule has 140 valence electrons. The van der Waals surface area contributed by atoms with Crippen molar-refractivity contribution in [3.8, 4) is 11.1 Å². The number of hydroxylamine groups is 1. The van der Waals surface area contributed by atoms with Gasteiger partial charge >= 0.3 is 0 Å². The van der Waals surface area contributed by atoms with E-state index >= 15 is 0 Å². The Kier molecular flexibility index (Phi) is 4.48. The Bertz CT molecular complexity index is 850. The van der Waals surface area contributed by atoms with Crippen LogP contribution in [0.15, 0.2) is 54.6 Å². The van der Waals surface area contributed by atoms with Gasteiger partial charge in [0.25, 0.3) is 5.91 Å². The molecular formula is C22H24N2O3. The smallest absolute Gasteiger partial charge is 0.266 e. The van der Waals surface area contributed by atoms with E-state index in [1.807, 2.05) is 37.3 Å². The van der Waals surface area contributed by atoms with Gasteiger partial charge in [0.1, 0.15) is 6.04 Å². The molecule has 4 rings (SSSR count). The molecule has 2 aliphatic heterocycles. The van der Waals surface area contributed by atoms with Crippen LogP contribution >= 0.6 is 0 Å².